The summed E-state index contributed by atoms with van der Waals surface area (Å²) in [4.78, 5) is 0. The number of halogens is 1. The largest absolute Gasteiger partial charge is 0.506 e. The minimum Gasteiger partial charge on any atom is -0.506 e. The van der Waals surface area contributed by atoms with Crippen molar-refractivity contribution in [2.45, 2.75) is 51.5 Å². The lowest BCUT2D eigenvalue weighted by Gasteiger charge is -2.24. The van der Waals surface area contributed by atoms with Gasteiger partial charge in [-0.15, -0.1) is 0 Å². The number of nitrogens with one attached hydrogen (secondary N) is 1. The fourth-order valence-electron chi connectivity index (χ4n) is 2.53. The SMILES string of the molecule is CC(C)c1cc(Br)c(O)c(CC2CCCCN2)c1. The fraction of sp³-hybridized carbons (Fsp3) is 0.600. The van der Waals surface area contributed by atoms with E-state index in [0.29, 0.717) is 17.7 Å². The van der Waals surface area contributed by atoms with Crippen molar-refractivity contribution in [1.82, 2.24) is 5.32 Å². The summed E-state index contributed by atoms with van der Waals surface area (Å²) >= 11 is 3.46. The minimum atomic E-state index is 0.409. The number of hydrogen-bond donors (Lipinski definition) is 2. The summed E-state index contributed by atoms with van der Waals surface area (Å²) in [5.41, 5.74) is 2.35. The molecule has 1 unspecified atom stereocenters. The second-order valence-corrected chi connectivity index (χ2v) is 6.37. The highest BCUT2D eigenvalue weighted by atomic mass is 79.9. The topological polar surface area (TPSA) is 32.3 Å². The van der Waals surface area contributed by atoms with Crippen LogP contribution in [0.3, 0.4) is 0 Å². The number of hydrogen-bond acceptors (Lipinski definition) is 2. The van der Waals surface area contributed by atoms with E-state index in [2.05, 4.69) is 41.2 Å². The van der Waals surface area contributed by atoms with Crippen molar-refractivity contribution in [3.8, 4) is 5.75 Å². The maximum absolute atomic E-state index is 10.2. The maximum Gasteiger partial charge on any atom is 0.133 e. The van der Waals surface area contributed by atoms with Gasteiger partial charge in [0.1, 0.15) is 5.75 Å². The van der Waals surface area contributed by atoms with Gasteiger partial charge in [0.2, 0.25) is 0 Å². The summed E-state index contributed by atoms with van der Waals surface area (Å²) in [6.07, 6.45) is 4.70. The Morgan fingerprint density at radius 2 is 2.17 bits per heavy atom. The van der Waals surface area contributed by atoms with Gasteiger partial charge in [0.05, 0.1) is 4.47 Å². The molecule has 0 amide bonds. The average molecular weight is 312 g/mol. The average Bonchev–Trinajstić information content (AvgIpc) is 2.35. The molecule has 18 heavy (non-hydrogen) atoms. The molecule has 1 aromatic rings. The highest BCUT2D eigenvalue weighted by molar-refractivity contribution is 9.10. The summed E-state index contributed by atoms with van der Waals surface area (Å²) < 4.78 is 0.819. The zero-order valence-corrected chi connectivity index (χ0v) is 12.8. The van der Waals surface area contributed by atoms with Crippen LogP contribution in [-0.4, -0.2) is 17.7 Å². The van der Waals surface area contributed by atoms with Crippen molar-refractivity contribution in [2.75, 3.05) is 6.54 Å². The molecule has 1 saturated heterocycles. The fourth-order valence-corrected chi connectivity index (χ4v) is 3.05. The lowest BCUT2D eigenvalue weighted by atomic mass is 9.94. The van der Waals surface area contributed by atoms with Crippen LogP contribution in [0.1, 0.15) is 50.2 Å². The zero-order valence-electron chi connectivity index (χ0n) is 11.2. The highest BCUT2D eigenvalue weighted by Crippen LogP contribution is 2.33. The molecule has 1 fully saturated rings. The molecule has 0 radical (unpaired) electrons. The minimum absolute atomic E-state index is 0.409. The Labute approximate surface area is 118 Å². The van der Waals surface area contributed by atoms with Crippen molar-refractivity contribution in [1.29, 1.82) is 0 Å². The molecule has 2 nitrogen and oxygen atoms in total. The molecule has 0 bridgehead atoms. The standard InChI is InChI=1S/C15H22BrNO/c1-10(2)11-7-12(15(18)14(16)9-11)8-13-5-3-4-6-17-13/h7,9-10,13,17-18H,3-6,8H2,1-2H3. The summed E-state index contributed by atoms with van der Waals surface area (Å²) in [5.74, 6) is 0.895. The molecule has 3 heteroatoms. The van der Waals surface area contributed by atoms with Crippen LogP contribution in [0.4, 0.5) is 0 Å². The normalized spacial score (nSPS) is 20.3. The molecule has 2 rings (SSSR count). The molecule has 1 heterocycles. The van der Waals surface area contributed by atoms with Gasteiger partial charge in [-0.25, -0.2) is 0 Å². The first-order valence-corrected chi connectivity index (χ1v) is 7.62. The summed E-state index contributed by atoms with van der Waals surface area (Å²) in [7, 11) is 0. The van der Waals surface area contributed by atoms with Crippen LogP contribution >= 0.6 is 15.9 Å². The molecule has 0 saturated carbocycles. The van der Waals surface area contributed by atoms with Crippen LogP contribution in [0.5, 0.6) is 5.75 Å². The maximum atomic E-state index is 10.2. The van der Waals surface area contributed by atoms with Gasteiger partial charge in [-0.05, 0) is 64.8 Å². The molecule has 2 N–H and O–H groups in total. The van der Waals surface area contributed by atoms with Gasteiger partial charge in [-0.2, -0.15) is 0 Å². The number of benzene rings is 1. The van der Waals surface area contributed by atoms with E-state index < -0.39 is 0 Å². The zero-order chi connectivity index (χ0) is 13.1. The van der Waals surface area contributed by atoms with Crippen molar-refractivity contribution in [3.63, 3.8) is 0 Å². The van der Waals surface area contributed by atoms with Gasteiger partial charge in [0.25, 0.3) is 0 Å². The molecule has 1 aliphatic heterocycles. The highest BCUT2D eigenvalue weighted by Gasteiger charge is 2.17. The Hall–Kier alpha value is -0.540. The number of rotatable bonds is 3. The van der Waals surface area contributed by atoms with E-state index in [1.165, 1.54) is 24.8 Å². The first-order valence-electron chi connectivity index (χ1n) is 6.82. The van der Waals surface area contributed by atoms with Crippen molar-refractivity contribution in [3.05, 3.63) is 27.7 Å². The number of phenolic OH excluding ortho intramolecular Hbond substituents is 1. The lowest BCUT2D eigenvalue weighted by molar-refractivity contribution is 0.391. The van der Waals surface area contributed by atoms with Crippen LogP contribution < -0.4 is 5.32 Å². The van der Waals surface area contributed by atoms with Crippen LogP contribution in [-0.2, 0) is 6.42 Å². The monoisotopic (exact) mass is 311 g/mol. The third kappa shape index (κ3) is 3.27. The molecule has 0 aliphatic carbocycles. The first-order chi connectivity index (χ1) is 8.58. The van der Waals surface area contributed by atoms with E-state index in [1.54, 1.807) is 0 Å². The van der Waals surface area contributed by atoms with E-state index in [0.717, 1.165) is 23.0 Å². The number of phenols is 1. The van der Waals surface area contributed by atoms with Gasteiger partial charge in [-0.1, -0.05) is 26.3 Å². The Morgan fingerprint density at radius 3 is 2.78 bits per heavy atom. The smallest absolute Gasteiger partial charge is 0.133 e. The quantitative estimate of drug-likeness (QED) is 0.885. The van der Waals surface area contributed by atoms with Crippen LogP contribution in [0.2, 0.25) is 0 Å². The van der Waals surface area contributed by atoms with Crippen LogP contribution in [0, 0.1) is 0 Å². The Balaban J connectivity index is 2.19. The van der Waals surface area contributed by atoms with Crippen molar-refractivity contribution in [2.24, 2.45) is 0 Å². The van der Waals surface area contributed by atoms with Gasteiger partial charge >= 0.3 is 0 Å². The second kappa shape index (κ2) is 6.07. The van der Waals surface area contributed by atoms with Crippen LogP contribution in [0.15, 0.2) is 16.6 Å². The van der Waals surface area contributed by atoms with E-state index in [4.69, 9.17) is 0 Å². The summed E-state index contributed by atoms with van der Waals surface area (Å²) in [6.45, 7) is 5.47. The number of aromatic hydroxyl groups is 1. The second-order valence-electron chi connectivity index (χ2n) is 5.52. The predicted octanol–water partition coefficient (Wildman–Crippen LogP) is 3.96. The van der Waals surface area contributed by atoms with Crippen molar-refractivity contribution >= 4 is 15.9 Å². The molecular formula is C15H22BrNO. The van der Waals surface area contributed by atoms with Crippen LogP contribution in [0.25, 0.3) is 0 Å². The van der Waals surface area contributed by atoms with E-state index in [1.807, 2.05) is 6.07 Å². The van der Waals surface area contributed by atoms with E-state index in [-0.39, 0.29) is 0 Å². The predicted molar refractivity (Wildman–Crippen MR) is 79.2 cm³/mol. The molecule has 1 aromatic carbocycles. The number of piperidine rings is 1. The Bertz CT molecular complexity index is 411. The molecule has 1 atom stereocenters. The van der Waals surface area contributed by atoms with Gasteiger partial charge < -0.3 is 10.4 Å². The molecule has 100 valence electrons. The third-order valence-corrected chi connectivity index (χ3v) is 4.31. The summed E-state index contributed by atoms with van der Waals surface area (Å²) in [5, 5.41) is 13.7. The molecule has 1 aliphatic rings. The van der Waals surface area contributed by atoms with Gasteiger partial charge in [0.15, 0.2) is 0 Å². The molecule has 0 aromatic heterocycles. The van der Waals surface area contributed by atoms with Gasteiger partial charge in [0, 0.05) is 6.04 Å². The summed E-state index contributed by atoms with van der Waals surface area (Å²) in [6, 6.07) is 4.69. The molecular weight excluding hydrogens is 290 g/mol. The third-order valence-electron chi connectivity index (χ3n) is 3.71. The first kappa shape index (κ1) is 13.9. The van der Waals surface area contributed by atoms with Crippen molar-refractivity contribution < 1.29 is 5.11 Å². The lowest BCUT2D eigenvalue weighted by Crippen LogP contribution is -2.35. The Kier molecular flexibility index (Phi) is 4.68. The molecule has 0 spiro atoms. The Morgan fingerprint density at radius 1 is 1.39 bits per heavy atom. The van der Waals surface area contributed by atoms with E-state index in [9.17, 15) is 5.11 Å². The van der Waals surface area contributed by atoms with Gasteiger partial charge in [-0.3, -0.25) is 0 Å². The van der Waals surface area contributed by atoms with E-state index >= 15 is 0 Å².